The molecule has 0 saturated carbocycles. The Bertz CT molecular complexity index is 1230. The molecule has 2 atom stereocenters. The third-order valence-electron chi connectivity index (χ3n) is 6.89. The number of hydrogen-bond donors (Lipinski definition) is 1. The zero-order valence-corrected chi connectivity index (χ0v) is 19.7. The minimum Gasteiger partial charge on any atom is -0.386 e. The van der Waals surface area contributed by atoms with Crippen molar-refractivity contribution in [3.05, 3.63) is 82.7 Å². The van der Waals surface area contributed by atoms with Crippen LogP contribution in [0.1, 0.15) is 58.9 Å². The van der Waals surface area contributed by atoms with Gasteiger partial charge in [0, 0.05) is 12.8 Å². The lowest BCUT2D eigenvalue weighted by Crippen LogP contribution is -2.32. The second kappa shape index (κ2) is 9.00. The Morgan fingerprint density at radius 2 is 1.88 bits per heavy atom. The normalized spacial score (nSPS) is 21.9. The van der Waals surface area contributed by atoms with Crippen molar-refractivity contribution < 1.29 is 13.5 Å². The van der Waals surface area contributed by atoms with E-state index in [1.165, 1.54) is 17.4 Å². The minimum atomic E-state index is -3.03. The molecule has 1 aliphatic carbocycles. The first-order valence-corrected chi connectivity index (χ1v) is 13.6. The van der Waals surface area contributed by atoms with Crippen molar-refractivity contribution in [1.29, 1.82) is 0 Å². The van der Waals surface area contributed by atoms with Gasteiger partial charge in [-0.2, -0.15) is 0 Å². The van der Waals surface area contributed by atoms with Gasteiger partial charge in [0.25, 0.3) is 0 Å². The van der Waals surface area contributed by atoms with Gasteiger partial charge in [0.1, 0.15) is 6.10 Å². The number of benzene rings is 2. The number of hydrogen-bond acceptors (Lipinski definition) is 6. The Labute approximate surface area is 195 Å². The predicted molar refractivity (Wildman–Crippen MR) is 126 cm³/mol. The van der Waals surface area contributed by atoms with Gasteiger partial charge in [0.15, 0.2) is 9.84 Å². The van der Waals surface area contributed by atoms with E-state index < -0.39 is 15.9 Å². The maximum absolute atomic E-state index is 11.6. The number of likely N-dealkylation sites (tertiary alicyclic amines) is 1. The lowest BCUT2D eigenvalue weighted by Gasteiger charge is -2.31. The van der Waals surface area contributed by atoms with Gasteiger partial charge in [0.2, 0.25) is 0 Å². The van der Waals surface area contributed by atoms with Crippen molar-refractivity contribution >= 4 is 9.84 Å². The average molecular weight is 467 g/mol. The van der Waals surface area contributed by atoms with Gasteiger partial charge >= 0.3 is 0 Å². The molecule has 174 valence electrons. The highest BCUT2D eigenvalue weighted by atomic mass is 32.2. The quantitative estimate of drug-likeness (QED) is 0.601. The van der Waals surface area contributed by atoms with E-state index >= 15 is 0 Å². The molecule has 0 radical (unpaired) electrons. The fourth-order valence-electron chi connectivity index (χ4n) is 5.23. The van der Waals surface area contributed by atoms with Crippen LogP contribution in [0.15, 0.2) is 54.7 Å². The van der Waals surface area contributed by atoms with Crippen LogP contribution >= 0.6 is 0 Å². The Kier molecular flexibility index (Phi) is 6.07. The van der Waals surface area contributed by atoms with Crippen molar-refractivity contribution in [3.8, 4) is 0 Å². The van der Waals surface area contributed by atoms with Crippen molar-refractivity contribution in [2.75, 3.05) is 19.3 Å². The number of piperidine rings is 1. The van der Waals surface area contributed by atoms with E-state index in [4.69, 9.17) is 0 Å². The topological polar surface area (TPSA) is 88.3 Å². The zero-order valence-electron chi connectivity index (χ0n) is 18.8. The summed E-state index contributed by atoms with van der Waals surface area (Å²) in [6, 6.07) is 15.9. The van der Waals surface area contributed by atoms with Crippen molar-refractivity contribution in [2.45, 2.75) is 49.6 Å². The molecule has 8 heteroatoms. The highest BCUT2D eigenvalue weighted by Gasteiger charge is 2.33. The number of aliphatic hydroxyl groups is 1. The van der Waals surface area contributed by atoms with Crippen LogP contribution in [-0.4, -0.2) is 52.8 Å². The summed E-state index contributed by atoms with van der Waals surface area (Å²) in [7, 11) is -3.03. The first kappa shape index (κ1) is 22.3. The van der Waals surface area contributed by atoms with Gasteiger partial charge in [0.05, 0.1) is 23.7 Å². The third kappa shape index (κ3) is 5.03. The molecule has 1 fully saturated rings. The minimum absolute atomic E-state index is 0.0934. The summed E-state index contributed by atoms with van der Waals surface area (Å²) in [6.45, 7) is 2.67. The third-order valence-corrected chi connectivity index (χ3v) is 7.75. The number of aromatic nitrogens is 3. The van der Waals surface area contributed by atoms with Crippen LogP contribution in [0.3, 0.4) is 0 Å². The molecule has 5 rings (SSSR count). The van der Waals surface area contributed by atoms with Gasteiger partial charge < -0.3 is 5.11 Å². The summed E-state index contributed by atoms with van der Waals surface area (Å²) in [4.78, 5) is 2.39. The molecule has 7 nitrogen and oxygen atoms in total. The molecule has 33 heavy (non-hydrogen) atoms. The van der Waals surface area contributed by atoms with E-state index in [-0.39, 0.29) is 11.8 Å². The van der Waals surface area contributed by atoms with E-state index in [9.17, 15) is 13.5 Å². The molecule has 2 aromatic carbocycles. The summed E-state index contributed by atoms with van der Waals surface area (Å²) < 4.78 is 25.1. The smallest absolute Gasteiger partial charge is 0.151 e. The monoisotopic (exact) mass is 466 g/mol. The van der Waals surface area contributed by atoms with Crippen molar-refractivity contribution in [3.63, 3.8) is 0 Å². The highest BCUT2D eigenvalue weighted by molar-refractivity contribution is 7.89. The molecule has 0 amide bonds. The molecule has 1 aromatic heterocycles. The molecule has 1 N–H and O–H groups in total. The summed E-state index contributed by atoms with van der Waals surface area (Å²) in [5, 5.41) is 19.4. The molecule has 3 aromatic rings. The molecule has 0 bridgehead atoms. The molecule has 2 aliphatic rings. The Balaban J connectivity index is 1.18. The standard InChI is InChI=1S/C25H30N4O3S/c1-33(31,32)17-18-5-4-7-20(13-18)19-9-11-28(12-10-19)15-22-16-29(27-26-22)24-14-21-6-2-3-8-23(21)25(24)30/h2-8,13,16,19,24-25,30H,9-12,14-15,17H2,1H3/t24-,25+/m1/s1. The van der Waals surface area contributed by atoms with Crippen molar-refractivity contribution in [1.82, 2.24) is 19.9 Å². The van der Waals surface area contributed by atoms with E-state index in [1.807, 2.05) is 41.2 Å². The van der Waals surface area contributed by atoms with Crippen LogP contribution in [0.4, 0.5) is 0 Å². The van der Waals surface area contributed by atoms with E-state index in [2.05, 4.69) is 33.4 Å². The number of aliphatic hydroxyl groups excluding tert-OH is 1. The fourth-order valence-corrected chi connectivity index (χ4v) is 6.02. The summed E-state index contributed by atoms with van der Waals surface area (Å²) in [6.07, 6.45) is 5.54. The SMILES string of the molecule is CS(=O)(=O)Cc1cccc(C2CCN(Cc3cn([C@@H]4Cc5ccccc5[C@@H]4O)nn3)CC2)c1. The average Bonchev–Trinajstić information content (AvgIpc) is 3.38. The molecule has 0 spiro atoms. The maximum atomic E-state index is 11.6. The van der Waals surface area contributed by atoms with Crippen LogP contribution in [-0.2, 0) is 28.6 Å². The van der Waals surface area contributed by atoms with Crippen LogP contribution in [0, 0.1) is 0 Å². The molecule has 0 unspecified atom stereocenters. The Morgan fingerprint density at radius 1 is 1.09 bits per heavy atom. The molecular formula is C25H30N4O3S. The zero-order chi connectivity index (χ0) is 23.0. The number of nitrogens with zero attached hydrogens (tertiary/aromatic N) is 4. The molecule has 1 aliphatic heterocycles. The Morgan fingerprint density at radius 3 is 2.64 bits per heavy atom. The second-order valence-corrected chi connectivity index (χ2v) is 11.6. The van der Waals surface area contributed by atoms with Gasteiger partial charge in [-0.25, -0.2) is 13.1 Å². The second-order valence-electron chi connectivity index (χ2n) is 9.47. The summed E-state index contributed by atoms with van der Waals surface area (Å²) in [5.41, 5.74) is 5.19. The molecular weight excluding hydrogens is 436 g/mol. The largest absolute Gasteiger partial charge is 0.386 e. The van der Waals surface area contributed by atoms with Gasteiger partial charge in [-0.3, -0.25) is 4.90 Å². The van der Waals surface area contributed by atoms with E-state index in [1.54, 1.807) is 0 Å². The number of fused-ring (bicyclic) bond motifs is 1. The van der Waals surface area contributed by atoms with Crippen LogP contribution in [0.2, 0.25) is 0 Å². The Hall–Kier alpha value is -2.55. The van der Waals surface area contributed by atoms with Gasteiger partial charge in [-0.1, -0.05) is 53.7 Å². The molecule has 1 saturated heterocycles. The number of sulfone groups is 1. The summed E-state index contributed by atoms with van der Waals surface area (Å²) >= 11 is 0. The highest BCUT2D eigenvalue weighted by Crippen LogP contribution is 2.38. The van der Waals surface area contributed by atoms with Crippen molar-refractivity contribution in [2.24, 2.45) is 0 Å². The van der Waals surface area contributed by atoms with E-state index in [0.717, 1.165) is 55.7 Å². The lowest BCUT2D eigenvalue weighted by atomic mass is 9.88. The maximum Gasteiger partial charge on any atom is 0.151 e. The fraction of sp³-hybridized carbons (Fsp3) is 0.440. The first-order chi connectivity index (χ1) is 15.9. The van der Waals surface area contributed by atoms with Crippen LogP contribution in [0.5, 0.6) is 0 Å². The summed E-state index contributed by atoms with van der Waals surface area (Å²) in [5.74, 6) is 0.541. The van der Waals surface area contributed by atoms with Gasteiger partial charge in [-0.15, -0.1) is 5.10 Å². The number of rotatable bonds is 6. The lowest BCUT2D eigenvalue weighted by molar-refractivity contribution is 0.120. The van der Waals surface area contributed by atoms with Gasteiger partial charge in [-0.05, 0) is 60.5 Å². The van der Waals surface area contributed by atoms with Crippen LogP contribution in [0.25, 0.3) is 0 Å². The predicted octanol–water partition coefficient (Wildman–Crippen LogP) is 3.03. The molecule has 2 heterocycles. The first-order valence-electron chi connectivity index (χ1n) is 11.5. The van der Waals surface area contributed by atoms with Crippen LogP contribution < -0.4 is 0 Å². The van der Waals surface area contributed by atoms with E-state index in [0.29, 0.717) is 5.92 Å².